The minimum absolute atomic E-state index is 0.186. The Kier molecular flexibility index (Phi) is 8.99. The van der Waals surface area contributed by atoms with E-state index in [0.29, 0.717) is 11.1 Å². The van der Waals surface area contributed by atoms with Gasteiger partial charge in [0, 0.05) is 12.2 Å². The molecule has 0 aromatic heterocycles. The van der Waals surface area contributed by atoms with Crippen LogP contribution in [0.1, 0.15) is 30.4 Å². The van der Waals surface area contributed by atoms with Crippen LogP contribution >= 0.6 is 0 Å². The quantitative estimate of drug-likeness (QED) is 0.271. The van der Waals surface area contributed by atoms with Crippen LogP contribution in [0.25, 0.3) is 0 Å². The summed E-state index contributed by atoms with van der Waals surface area (Å²) in [5.74, 6) is -3.78. The molecule has 30 heavy (non-hydrogen) atoms. The Morgan fingerprint density at radius 2 is 1.30 bits per heavy atom. The largest absolute Gasteiger partial charge is 0.463 e. The lowest BCUT2D eigenvalue weighted by molar-refractivity contribution is -0.161. The maximum atomic E-state index is 12.7. The number of hydrogen-bond donors (Lipinski definition) is 0. The van der Waals surface area contributed by atoms with Crippen molar-refractivity contribution >= 4 is 23.9 Å². The molecule has 0 radical (unpaired) electrons. The summed E-state index contributed by atoms with van der Waals surface area (Å²) in [5, 5.41) is 0. The molecule has 2 aromatic rings. The first-order chi connectivity index (χ1) is 14.5. The number of carbonyl (C=O) groups is 4. The number of hydrogen-bond acceptors (Lipinski definition) is 7. The van der Waals surface area contributed by atoms with E-state index >= 15 is 0 Å². The maximum absolute atomic E-state index is 12.7. The molecular formula is C23H22O7. The fraction of sp³-hybridized carbons (Fsp3) is 0.217. The third kappa shape index (κ3) is 7.35. The van der Waals surface area contributed by atoms with Crippen molar-refractivity contribution in [1.82, 2.24) is 0 Å². The highest BCUT2D eigenvalue weighted by molar-refractivity contribution is 5.92. The van der Waals surface area contributed by atoms with Gasteiger partial charge in [0.15, 0.2) is 0 Å². The zero-order valence-electron chi connectivity index (χ0n) is 16.5. The summed E-state index contributed by atoms with van der Waals surface area (Å²) in [5.41, 5.74) is 1.38. The summed E-state index contributed by atoms with van der Waals surface area (Å²) in [6, 6.07) is 17.9. The van der Waals surface area contributed by atoms with Crippen molar-refractivity contribution in [2.24, 2.45) is 0 Å². The first-order valence-corrected chi connectivity index (χ1v) is 9.37. The van der Waals surface area contributed by atoms with Gasteiger partial charge in [-0.1, -0.05) is 60.7 Å². The molecule has 0 amide bonds. The molecule has 0 saturated carbocycles. The third-order valence-corrected chi connectivity index (χ3v) is 3.91. The molecule has 0 unspecified atom stereocenters. The Morgan fingerprint density at radius 1 is 0.800 bits per heavy atom. The average Bonchev–Trinajstić information content (AvgIpc) is 2.74. The van der Waals surface area contributed by atoms with Crippen molar-refractivity contribution in [3.63, 3.8) is 0 Å². The molecule has 0 heterocycles. The minimum atomic E-state index is -0.820. The summed E-state index contributed by atoms with van der Waals surface area (Å²) in [6.07, 6.45) is 1.52. The van der Waals surface area contributed by atoms with Gasteiger partial charge in [-0.25, -0.2) is 9.59 Å². The molecule has 0 spiro atoms. The molecule has 156 valence electrons. The second kappa shape index (κ2) is 12.0. The molecule has 7 nitrogen and oxygen atoms in total. The van der Waals surface area contributed by atoms with Crippen LogP contribution in [0.4, 0.5) is 0 Å². The predicted octanol–water partition coefficient (Wildman–Crippen LogP) is 2.94. The Hall–Kier alpha value is -3.74. The van der Waals surface area contributed by atoms with E-state index in [1.54, 1.807) is 55.5 Å². The molecule has 0 saturated heterocycles. The SMILES string of the molecule is CCOC(=O)/C=C/C(=O)OCCC(=O)OC(=O)C(c1ccccc1)c1ccccc1. The number of esters is 4. The van der Waals surface area contributed by atoms with E-state index in [4.69, 9.17) is 9.47 Å². The van der Waals surface area contributed by atoms with Gasteiger partial charge >= 0.3 is 23.9 Å². The van der Waals surface area contributed by atoms with Crippen LogP contribution < -0.4 is 0 Å². The van der Waals surface area contributed by atoms with Gasteiger partial charge in [0.1, 0.15) is 12.5 Å². The van der Waals surface area contributed by atoms with Crippen LogP contribution in [0.15, 0.2) is 72.8 Å². The fourth-order valence-electron chi connectivity index (χ4n) is 2.59. The molecule has 0 fully saturated rings. The van der Waals surface area contributed by atoms with Gasteiger partial charge in [-0.15, -0.1) is 0 Å². The monoisotopic (exact) mass is 410 g/mol. The van der Waals surface area contributed by atoms with E-state index in [9.17, 15) is 19.2 Å². The van der Waals surface area contributed by atoms with Gasteiger partial charge in [-0.2, -0.15) is 0 Å². The highest BCUT2D eigenvalue weighted by Gasteiger charge is 2.26. The Bertz CT molecular complexity index is 849. The zero-order valence-corrected chi connectivity index (χ0v) is 16.5. The van der Waals surface area contributed by atoms with Gasteiger partial charge in [0.05, 0.1) is 13.0 Å². The molecule has 2 rings (SSSR count). The minimum Gasteiger partial charge on any atom is -0.463 e. The van der Waals surface area contributed by atoms with Gasteiger partial charge in [-0.3, -0.25) is 9.59 Å². The molecule has 0 aliphatic carbocycles. The zero-order chi connectivity index (χ0) is 21.8. The van der Waals surface area contributed by atoms with E-state index < -0.39 is 29.8 Å². The maximum Gasteiger partial charge on any atom is 0.331 e. The summed E-state index contributed by atoms with van der Waals surface area (Å²) < 4.78 is 14.4. The first kappa shape index (κ1) is 22.5. The fourth-order valence-corrected chi connectivity index (χ4v) is 2.59. The Morgan fingerprint density at radius 3 is 1.80 bits per heavy atom. The summed E-state index contributed by atoms with van der Waals surface area (Å²) in [7, 11) is 0. The number of benzene rings is 2. The number of ether oxygens (including phenoxy) is 3. The topological polar surface area (TPSA) is 96.0 Å². The van der Waals surface area contributed by atoms with Gasteiger partial charge in [0.2, 0.25) is 0 Å². The smallest absolute Gasteiger partial charge is 0.331 e. The Labute approximate surface area is 174 Å². The van der Waals surface area contributed by atoms with Crippen LogP contribution in [-0.2, 0) is 33.4 Å². The van der Waals surface area contributed by atoms with Crippen LogP contribution in [0, 0.1) is 0 Å². The predicted molar refractivity (Wildman–Crippen MR) is 107 cm³/mol. The molecule has 0 bridgehead atoms. The second-order valence-electron chi connectivity index (χ2n) is 6.05. The van der Waals surface area contributed by atoms with Crippen LogP contribution in [-0.4, -0.2) is 37.1 Å². The van der Waals surface area contributed by atoms with Crippen LogP contribution in [0.3, 0.4) is 0 Å². The lowest BCUT2D eigenvalue weighted by Gasteiger charge is -2.16. The number of rotatable bonds is 9. The summed E-state index contributed by atoms with van der Waals surface area (Å²) in [4.78, 5) is 47.3. The molecule has 2 aromatic carbocycles. The molecular weight excluding hydrogens is 388 g/mol. The van der Waals surface area contributed by atoms with Crippen molar-refractivity contribution in [1.29, 1.82) is 0 Å². The first-order valence-electron chi connectivity index (χ1n) is 9.37. The van der Waals surface area contributed by atoms with E-state index in [-0.39, 0.29) is 19.6 Å². The standard InChI is InChI=1S/C23H22O7/c1-2-28-19(24)13-14-20(25)29-16-15-21(26)30-23(27)22(17-9-5-3-6-10-17)18-11-7-4-8-12-18/h3-14,22H,2,15-16H2,1H3/b14-13+. The summed E-state index contributed by atoms with van der Waals surface area (Å²) in [6.45, 7) is 1.53. The van der Waals surface area contributed by atoms with Crippen molar-refractivity contribution < 1.29 is 33.4 Å². The van der Waals surface area contributed by atoms with Gasteiger partial charge in [0.25, 0.3) is 0 Å². The van der Waals surface area contributed by atoms with E-state index in [1.165, 1.54) is 0 Å². The lowest BCUT2D eigenvalue weighted by atomic mass is 9.91. The van der Waals surface area contributed by atoms with Crippen molar-refractivity contribution in [2.75, 3.05) is 13.2 Å². The van der Waals surface area contributed by atoms with Crippen molar-refractivity contribution in [3.05, 3.63) is 83.9 Å². The Balaban J connectivity index is 1.91. The lowest BCUT2D eigenvalue weighted by Crippen LogP contribution is -2.22. The highest BCUT2D eigenvalue weighted by Crippen LogP contribution is 2.26. The van der Waals surface area contributed by atoms with Gasteiger partial charge < -0.3 is 14.2 Å². The average molecular weight is 410 g/mol. The molecule has 0 atom stereocenters. The van der Waals surface area contributed by atoms with E-state index in [1.807, 2.05) is 12.1 Å². The second-order valence-corrected chi connectivity index (χ2v) is 6.05. The van der Waals surface area contributed by atoms with Gasteiger partial charge in [-0.05, 0) is 18.1 Å². The van der Waals surface area contributed by atoms with E-state index in [0.717, 1.165) is 12.2 Å². The van der Waals surface area contributed by atoms with Crippen molar-refractivity contribution in [3.8, 4) is 0 Å². The molecule has 7 heteroatoms. The third-order valence-electron chi connectivity index (χ3n) is 3.91. The molecule has 0 aliphatic heterocycles. The molecule has 0 aliphatic rings. The molecule has 0 N–H and O–H groups in total. The van der Waals surface area contributed by atoms with Crippen LogP contribution in [0.2, 0.25) is 0 Å². The van der Waals surface area contributed by atoms with E-state index in [2.05, 4.69) is 4.74 Å². The number of carbonyl (C=O) groups excluding carboxylic acids is 4. The van der Waals surface area contributed by atoms with Crippen LogP contribution in [0.5, 0.6) is 0 Å². The van der Waals surface area contributed by atoms with Crippen molar-refractivity contribution in [2.45, 2.75) is 19.3 Å². The summed E-state index contributed by atoms with van der Waals surface area (Å²) >= 11 is 0. The highest BCUT2D eigenvalue weighted by atomic mass is 16.6. The normalized spacial score (nSPS) is 10.6.